The molecule has 3 heterocycles. The van der Waals surface area contributed by atoms with Crippen LogP contribution in [0.5, 0.6) is 0 Å². The quantitative estimate of drug-likeness (QED) is 0.830. The molecule has 28 heavy (non-hydrogen) atoms. The smallest absolute Gasteiger partial charge is 0.254 e. The molecule has 0 aliphatic carbocycles. The van der Waals surface area contributed by atoms with Gasteiger partial charge in [-0.15, -0.1) is 0 Å². The van der Waals surface area contributed by atoms with Crippen LogP contribution in [-0.2, 0) is 13.0 Å². The monoisotopic (exact) mass is 383 g/mol. The zero-order chi connectivity index (χ0) is 20.3. The first kappa shape index (κ1) is 20.0. The lowest BCUT2D eigenvalue weighted by molar-refractivity contribution is 0.0904. The van der Waals surface area contributed by atoms with E-state index in [1.54, 1.807) is 30.7 Å². The first-order chi connectivity index (χ1) is 13.3. The van der Waals surface area contributed by atoms with Crippen LogP contribution in [0.2, 0.25) is 0 Å². The molecule has 1 aliphatic rings. The molecular weight excluding hydrogens is 354 g/mol. The highest BCUT2D eigenvalue weighted by Crippen LogP contribution is 2.24. The number of amides is 2. The van der Waals surface area contributed by atoms with Gasteiger partial charge < -0.3 is 10.6 Å². The third kappa shape index (κ3) is 4.58. The van der Waals surface area contributed by atoms with Gasteiger partial charge >= 0.3 is 0 Å². The van der Waals surface area contributed by atoms with Gasteiger partial charge in [0.1, 0.15) is 0 Å². The summed E-state index contributed by atoms with van der Waals surface area (Å²) in [6.07, 6.45) is 6.51. The van der Waals surface area contributed by atoms with Gasteiger partial charge in [-0.3, -0.25) is 19.3 Å². The third-order valence-electron chi connectivity index (χ3n) is 5.55. The maximum absolute atomic E-state index is 12.8. The summed E-state index contributed by atoms with van der Waals surface area (Å²) >= 11 is 0. The number of fused-ring (bicyclic) bond motifs is 1. The van der Waals surface area contributed by atoms with Crippen LogP contribution in [0.4, 0.5) is 0 Å². The Hall–Kier alpha value is -2.70. The number of aromatic nitrogens is 3. The van der Waals surface area contributed by atoms with Crippen LogP contribution >= 0.6 is 0 Å². The van der Waals surface area contributed by atoms with E-state index >= 15 is 0 Å². The molecule has 1 aliphatic heterocycles. The largest absolute Gasteiger partial charge is 0.352 e. The minimum absolute atomic E-state index is 0.0119. The maximum atomic E-state index is 12.8. The number of carbonyl (C=O) groups excluding carboxylic acids is 2. The minimum atomic E-state index is -0.121. The predicted octanol–water partition coefficient (Wildman–Crippen LogP) is 2.43. The van der Waals surface area contributed by atoms with Crippen LogP contribution in [0.3, 0.4) is 0 Å². The van der Waals surface area contributed by atoms with Crippen LogP contribution < -0.4 is 10.6 Å². The molecule has 2 atom stereocenters. The SMILES string of the molecule is C[C@H](NC(=O)c1cnn2c1C[C@H](CNC(=O)c1cccnc1)CC2)C(C)(C)C. The van der Waals surface area contributed by atoms with Crippen molar-refractivity contribution in [1.29, 1.82) is 0 Å². The summed E-state index contributed by atoms with van der Waals surface area (Å²) in [6.45, 7) is 9.65. The van der Waals surface area contributed by atoms with Gasteiger partial charge in [0, 0.05) is 31.5 Å². The van der Waals surface area contributed by atoms with Crippen molar-refractivity contribution in [1.82, 2.24) is 25.4 Å². The highest BCUT2D eigenvalue weighted by atomic mass is 16.2. The molecule has 0 spiro atoms. The summed E-state index contributed by atoms with van der Waals surface area (Å²) in [6, 6.07) is 3.54. The van der Waals surface area contributed by atoms with E-state index in [0.29, 0.717) is 17.7 Å². The average Bonchev–Trinajstić information content (AvgIpc) is 3.09. The fourth-order valence-corrected chi connectivity index (χ4v) is 3.19. The van der Waals surface area contributed by atoms with Gasteiger partial charge in [0.15, 0.2) is 0 Å². The molecule has 7 heteroatoms. The second-order valence-electron chi connectivity index (χ2n) is 8.60. The third-order valence-corrected chi connectivity index (χ3v) is 5.55. The molecule has 0 radical (unpaired) electrons. The van der Waals surface area contributed by atoms with E-state index in [1.165, 1.54) is 0 Å². The van der Waals surface area contributed by atoms with Crippen molar-refractivity contribution < 1.29 is 9.59 Å². The number of hydrogen-bond acceptors (Lipinski definition) is 4. The van der Waals surface area contributed by atoms with Crippen molar-refractivity contribution >= 4 is 11.8 Å². The van der Waals surface area contributed by atoms with Crippen molar-refractivity contribution in [3.63, 3.8) is 0 Å². The van der Waals surface area contributed by atoms with Crippen LogP contribution in [-0.4, -0.2) is 39.2 Å². The second kappa shape index (κ2) is 8.12. The molecule has 2 N–H and O–H groups in total. The molecule has 0 saturated carbocycles. The summed E-state index contributed by atoms with van der Waals surface area (Å²) in [5, 5.41) is 10.5. The van der Waals surface area contributed by atoms with E-state index in [-0.39, 0.29) is 29.2 Å². The minimum Gasteiger partial charge on any atom is -0.352 e. The van der Waals surface area contributed by atoms with E-state index in [9.17, 15) is 9.59 Å². The average molecular weight is 383 g/mol. The predicted molar refractivity (Wildman–Crippen MR) is 107 cm³/mol. The molecule has 3 rings (SSSR count). The van der Waals surface area contributed by atoms with Crippen molar-refractivity contribution in [2.24, 2.45) is 11.3 Å². The van der Waals surface area contributed by atoms with Crippen molar-refractivity contribution in [3.05, 3.63) is 47.5 Å². The zero-order valence-corrected chi connectivity index (χ0v) is 17.0. The molecule has 2 aromatic heterocycles. The molecular formula is C21H29N5O2. The van der Waals surface area contributed by atoms with E-state index in [2.05, 4.69) is 41.5 Å². The van der Waals surface area contributed by atoms with Crippen LogP contribution in [0.15, 0.2) is 30.7 Å². The number of carbonyl (C=O) groups is 2. The summed E-state index contributed by atoms with van der Waals surface area (Å²) in [4.78, 5) is 29.0. The molecule has 0 aromatic carbocycles. The second-order valence-corrected chi connectivity index (χ2v) is 8.60. The van der Waals surface area contributed by atoms with Gasteiger partial charge in [-0.1, -0.05) is 20.8 Å². The Kier molecular flexibility index (Phi) is 5.82. The number of pyridine rings is 1. The van der Waals surface area contributed by atoms with Crippen molar-refractivity contribution in [2.45, 2.75) is 53.1 Å². The van der Waals surface area contributed by atoms with Gasteiger partial charge in [-0.25, -0.2) is 0 Å². The van der Waals surface area contributed by atoms with Crippen LogP contribution in [0.25, 0.3) is 0 Å². The van der Waals surface area contributed by atoms with Crippen molar-refractivity contribution in [2.75, 3.05) is 6.54 Å². The topological polar surface area (TPSA) is 88.9 Å². The Morgan fingerprint density at radius 2 is 2.07 bits per heavy atom. The highest BCUT2D eigenvalue weighted by molar-refractivity contribution is 5.95. The molecule has 0 bridgehead atoms. The molecule has 7 nitrogen and oxygen atoms in total. The number of rotatable bonds is 5. The van der Waals surface area contributed by atoms with E-state index in [4.69, 9.17) is 0 Å². The summed E-state index contributed by atoms with van der Waals surface area (Å²) < 4.78 is 1.91. The normalized spacial score (nSPS) is 17.5. The van der Waals surface area contributed by atoms with E-state index < -0.39 is 0 Å². The molecule has 2 amide bonds. The standard InChI is InChI=1S/C21H29N5O2/c1-14(21(2,3)4)25-20(28)17-13-24-26-9-7-15(10-18(17)26)11-23-19(27)16-6-5-8-22-12-16/h5-6,8,12-15H,7,9-11H2,1-4H3,(H,23,27)(H,25,28)/t14-,15+/m0/s1. The summed E-state index contributed by atoms with van der Waals surface area (Å²) in [5.74, 6) is 0.0734. The van der Waals surface area contributed by atoms with Crippen LogP contribution in [0.1, 0.15) is 60.5 Å². The lowest BCUT2D eigenvalue weighted by Gasteiger charge is -2.28. The molecule has 2 aromatic rings. The molecule has 0 saturated heterocycles. The van der Waals surface area contributed by atoms with E-state index in [1.807, 2.05) is 11.6 Å². The number of nitrogens with zero attached hydrogens (tertiary/aromatic N) is 3. The lowest BCUT2D eigenvalue weighted by atomic mass is 9.87. The summed E-state index contributed by atoms with van der Waals surface area (Å²) in [7, 11) is 0. The molecule has 150 valence electrons. The first-order valence-corrected chi connectivity index (χ1v) is 9.79. The number of hydrogen-bond donors (Lipinski definition) is 2. The summed E-state index contributed by atoms with van der Waals surface area (Å²) in [5.41, 5.74) is 2.13. The Morgan fingerprint density at radius 3 is 2.75 bits per heavy atom. The number of nitrogens with one attached hydrogen (secondary N) is 2. The molecule has 0 unspecified atom stereocenters. The zero-order valence-electron chi connectivity index (χ0n) is 17.0. The Bertz CT molecular complexity index is 838. The van der Waals surface area contributed by atoms with Gasteiger partial charge in [0.05, 0.1) is 23.0 Å². The van der Waals surface area contributed by atoms with Crippen LogP contribution in [0, 0.1) is 11.3 Å². The van der Waals surface area contributed by atoms with Gasteiger partial charge in [-0.05, 0) is 43.2 Å². The Morgan fingerprint density at radius 1 is 1.29 bits per heavy atom. The fraction of sp³-hybridized carbons (Fsp3) is 0.524. The molecule has 0 fully saturated rings. The maximum Gasteiger partial charge on any atom is 0.254 e. The first-order valence-electron chi connectivity index (χ1n) is 9.79. The van der Waals surface area contributed by atoms with Gasteiger partial charge in [0.2, 0.25) is 0 Å². The Balaban J connectivity index is 1.62. The number of aryl methyl sites for hydroxylation is 1. The Labute approximate surface area is 165 Å². The highest BCUT2D eigenvalue weighted by Gasteiger charge is 2.28. The van der Waals surface area contributed by atoms with Gasteiger partial charge in [-0.2, -0.15) is 5.10 Å². The lowest BCUT2D eigenvalue weighted by Crippen LogP contribution is -2.42. The van der Waals surface area contributed by atoms with Crippen molar-refractivity contribution in [3.8, 4) is 0 Å². The van der Waals surface area contributed by atoms with E-state index in [0.717, 1.165) is 25.1 Å². The fourth-order valence-electron chi connectivity index (χ4n) is 3.19. The van der Waals surface area contributed by atoms with Gasteiger partial charge in [0.25, 0.3) is 11.8 Å².